The predicted molar refractivity (Wildman–Crippen MR) is 154 cm³/mol. The Bertz CT molecular complexity index is 1320. The van der Waals surface area contributed by atoms with Crippen LogP contribution in [0.1, 0.15) is 20.8 Å². The molecule has 0 spiro atoms. The first-order valence-electron chi connectivity index (χ1n) is 12.0. The van der Waals surface area contributed by atoms with E-state index in [9.17, 15) is 14.4 Å². The van der Waals surface area contributed by atoms with Crippen molar-refractivity contribution < 1.29 is 9.50 Å². The third kappa shape index (κ3) is 5.92. The van der Waals surface area contributed by atoms with Crippen LogP contribution in [0.5, 0.6) is 5.75 Å². The lowest BCUT2D eigenvalue weighted by Crippen LogP contribution is -2.53. The molecule has 0 saturated carbocycles. The number of aromatic hydroxyl groups is 1. The van der Waals surface area contributed by atoms with Gasteiger partial charge in [-0.05, 0) is 73.7 Å². The second-order valence-corrected chi connectivity index (χ2v) is 10.6. The number of rotatable bonds is 6. The highest BCUT2D eigenvalue weighted by Crippen LogP contribution is 2.42. The number of phenolic OH excluding ortho intramolecular Hbond substituents is 1. The fraction of sp³-hybridized carbons (Fsp3) is 0.286. The SMILES string of the molecule is CC(C)(C)N1CCN(c2cccc(-c3cc(F)cc(-c4ccc(N(/C=C\S)N=O)c(Cl)c4)c3O)c2)CC1. The number of benzene rings is 3. The van der Waals surface area contributed by atoms with Crippen LogP contribution in [0, 0.1) is 10.7 Å². The smallest absolute Gasteiger partial charge is 0.131 e. The summed E-state index contributed by atoms with van der Waals surface area (Å²) in [4.78, 5) is 15.9. The molecule has 0 atom stereocenters. The van der Waals surface area contributed by atoms with Gasteiger partial charge in [0.15, 0.2) is 0 Å². The van der Waals surface area contributed by atoms with Gasteiger partial charge in [-0.15, -0.1) is 17.5 Å². The fourth-order valence-electron chi connectivity index (χ4n) is 4.62. The molecule has 0 amide bonds. The van der Waals surface area contributed by atoms with E-state index in [2.05, 4.69) is 48.5 Å². The Kier molecular flexibility index (Phi) is 8.11. The number of thiol groups is 1. The zero-order valence-corrected chi connectivity index (χ0v) is 22.7. The van der Waals surface area contributed by atoms with Crippen LogP contribution in [-0.4, -0.2) is 41.7 Å². The van der Waals surface area contributed by atoms with Crippen LogP contribution in [0.2, 0.25) is 5.02 Å². The molecule has 3 aromatic rings. The highest BCUT2D eigenvalue weighted by atomic mass is 35.5. The van der Waals surface area contributed by atoms with Crippen molar-refractivity contribution in [3.63, 3.8) is 0 Å². The average molecular weight is 541 g/mol. The van der Waals surface area contributed by atoms with Gasteiger partial charge >= 0.3 is 0 Å². The molecule has 0 bridgehead atoms. The van der Waals surface area contributed by atoms with Crippen molar-refractivity contribution in [3.05, 3.63) is 82.0 Å². The van der Waals surface area contributed by atoms with Crippen LogP contribution >= 0.6 is 24.2 Å². The Morgan fingerprint density at radius 2 is 1.68 bits per heavy atom. The van der Waals surface area contributed by atoms with Crippen molar-refractivity contribution >= 4 is 35.6 Å². The van der Waals surface area contributed by atoms with E-state index in [0.717, 1.165) is 36.9 Å². The number of hydrogen-bond acceptors (Lipinski definition) is 6. The molecule has 1 saturated heterocycles. The van der Waals surface area contributed by atoms with E-state index >= 15 is 0 Å². The second kappa shape index (κ2) is 11.1. The summed E-state index contributed by atoms with van der Waals surface area (Å²) in [5, 5.41) is 16.7. The number of hydrogen-bond donors (Lipinski definition) is 2. The normalized spacial score (nSPS) is 14.8. The summed E-state index contributed by atoms with van der Waals surface area (Å²) in [6.45, 7) is 10.4. The maximum atomic E-state index is 14.8. The number of phenols is 1. The number of anilines is 2. The number of nitrogens with zero attached hydrogens (tertiary/aromatic N) is 4. The third-order valence-electron chi connectivity index (χ3n) is 6.63. The van der Waals surface area contributed by atoms with Gasteiger partial charge in [0.05, 0.1) is 16.0 Å². The van der Waals surface area contributed by atoms with Gasteiger partial charge in [0.25, 0.3) is 0 Å². The Hall–Kier alpha value is -3.07. The van der Waals surface area contributed by atoms with Crippen molar-refractivity contribution in [1.82, 2.24) is 4.90 Å². The minimum atomic E-state index is -0.485. The van der Waals surface area contributed by atoms with Crippen molar-refractivity contribution in [1.29, 1.82) is 0 Å². The van der Waals surface area contributed by atoms with Crippen molar-refractivity contribution in [2.24, 2.45) is 5.29 Å². The first-order valence-corrected chi connectivity index (χ1v) is 12.9. The summed E-state index contributed by atoms with van der Waals surface area (Å²) in [7, 11) is 0. The zero-order valence-electron chi connectivity index (χ0n) is 21.0. The van der Waals surface area contributed by atoms with E-state index in [1.54, 1.807) is 18.2 Å². The largest absolute Gasteiger partial charge is 0.507 e. The Labute approximate surface area is 227 Å². The van der Waals surface area contributed by atoms with E-state index in [4.69, 9.17) is 11.6 Å². The molecule has 1 aliphatic rings. The van der Waals surface area contributed by atoms with Gasteiger partial charge in [-0.1, -0.05) is 29.8 Å². The summed E-state index contributed by atoms with van der Waals surface area (Å²) in [5.41, 5.74) is 3.39. The molecule has 0 aliphatic carbocycles. The average Bonchev–Trinajstić information content (AvgIpc) is 2.88. The molecule has 6 nitrogen and oxygen atoms in total. The van der Waals surface area contributed by atoms with Gasteiger partial charge in [-0.2, -0.15) is 0 Å². The van der Waals surface area contributed by atoms with Gasteiger partial charge in [-0.3, -0.25) is 4.90 Å². The van der Waals surface area contributed by atoms with E-state index in [-0.39, 0.29) is 16.3 Å². The lowest BCUT2D eigenvalue weighted by molar-refractivity contribution is 0.128. The zero-order chi connectivity index (χ0) is 26.7. The maximum absolute atomic E-state index is 14.8. The molecule has 0 aromatic heterocycles. The van der Waals surface area contributed by atoms with Crippen LogP contribution in [0.25, 0.3) is 22.3 Å². The minimum Gasteiger partial charge on any atom is -0.507 e. The lowest BCUT2D eigenvalue weighted by atomic mass is 9.96. The number of piperazine rings is 1. The summed E-state index contributed by atoms with van der Waals surface area (Å²) >= 11 is 10.4. The number of nitroso groups, excluding NO2 is 1. The molecule has 194 valence electrons. The molecule has 1 heterocycles. The highest BCUT2D eigenvalue weighted by Gasteiger charge is 2.26. The van der Waals surface area contributed by atoms with Crippen LogP contribution in [0.3, 0.4) is 0 Å². The summed E-state index contributed by atoms with van der Waals surface area (Å²) in [5.74, 6) is -0.540. The number of halogens is 2. The first-order chi connectivity index (χ1) is 17.6. The highest BCUT2D eigenvalue weighted by molar-refractivity contribution is 7.83. The molecule has 0 unspecified atom stereocenters. The fourth-order valence-corrected chi connectivity index (χ4v) is 5.01. The quantitative estimate of drug-likeness (QED) is 0.195. The summed E-state index contributed by atoms with van der Waals surface area (Å²) < 4.78 is 14.8. The Morgan fingerprint density at radius 3 is 2.24 bits per heavy atom. The maximum Gasteiger partial charge on any atom is 0.131 e. The van der Waals surface area contributed by atoms with E-state index in [1.165, 1.54) is 23.7 Å². The molecule has 37 heavy (non-hydrogen) atoms. The minimum absolute atomic E-state index is 0.0551. The van der Waals surface area contributed by atoms with Crippen molar-refractivity contribution in [2.45, 2.75) is 26.3 Å². The van der Waals surface area contributed by atoms with Crippen molar-refractivity contribution in [3.8, 4) is 28.0 Å². The van der Waals surface area contributed by atoms with E-state index < -0.39 is 5.82 Å². The molecule has 0 radical (unpaired) electrons. The topological polar surface area (TPSA) is 59.4 Å². The lowest BCUT2D eigenvalue weighted by Gasteiger charge is -2.43. The van der Waals surface area contributed by atoms with Crippen molar-refractivity contribution in [2.75, 3.05) is 36.1 Å². The summed E-state index contributed by atoms with van der Waals surface area (Å²) in [6.07, 6.45) is 1.35. The molecular weight excluding hydrogens is 511 g/mol. The van der Waals surface area contributed by atoms with E-state index in [0.29, 0.717) is 27.9 Å². The van der Waals surface area contributed by atoms with Gasteiger partial charge < -0.3 is 10.0 Å². The second-order valence-electron chi connectivity index (χ2n) is 9.94. The summed E-state index contributed by atoms with van der Waals surface area (Å²) in [6, 6.07) is 15.2. The monoisotopic (exact) mass is 540 g/mol. The van der Waals surface area contributed by atoms with Gasteiger partial charge in [0.2, 0.25) is 0 Å². The van der Waals surface area contributed by atoms with Gasteiger partial charge in [0, 0.05) is 54.7 Å². The third-order valence-corrected chi connectivity index (χ3v) is 7.06. The Balaban J connectivity index is 1.66. The molecule has 9 heteroatoms. The first kappa shape index (κ1) is 27.0. The molecular formula is C28H30ClFN4O2S. The standard InChI is InChI=1S/C28H30ClFN4O2S/c1-28(2,3)33-11-9-32(10-12-33)22-6-4-5-19(15-22)23-17-21(30)18-24(27(23)35)20-7-8-26(25(29)16-20)34(31-36)13-14-37/h4-8,13-18,35,37H,9-12H2,1-3H3/b14-13-. The van der Waals surface area contributed by atoms with E-state index in [1.807, 2.05) is 24.3 Å². The van der Waals surface area contributed by atoms with Crippen LogP contribution in [-0.2, 0) is 0 Å². The molecule has 4 rings (SSSR count). The predicted octanol–water partition coefficient (Wildman–Crippen LogP) is 7.33. The van der Waals surface area contributed by atoms with Gasteiger partial charge in [0.1, 0.15) is 11.6 Å². The Morgan fingerprint density at radius 1 is 1.03 bits per heavy atom. The van der Waals surface area contributed by atoms with Crippen LogP contribution in [0.4, 0.5) is 15.8 Å². The van der Waals surface area contributed by atoms with Crippen LogP contribution in [0.15, 0.2) is 71.5 Å². The molecule has 1 N–H and O–H groups in total. The molecule has 3 aromatic carbocycles. The van der Waals surface area contributed by atoms with Crippen LogP contribution < -0.4 is 9.91 Å². The molecule has 1 fully saturated rings. The van der Waals surface area contributed by atoms with Gasteiger partial charge in [-0.25, -0.2) is 9.40 Å². The molecule has 1 aliphatic heterocycles.